The fourth-order valence-electron chi connectivity index (χ4n) is 3.08. The third-order valence-corrected chi connectivity index (χ3v) is 4.63. The highest BCUT2D eigenvalue weighted by molar-refractivity contribution is 5.15. The lowest BCUT2D eigenvalue weighted by Gasteiger charge is -2.18. The van der Waals surface area contributed by atoms with Crippen molar-refractivity contribution in [1.82, 2.24) is 5.32 Å². The summed E-state index contributed by atoms with van der Waals surface area (Å²) in [4.78, 5) is 0. The second-order valence-electron chi connectivity index (χ2n) is 5.89. The van der Waals surface area contributed by atoms with E-state index in [1.54, 1.807) is 0 Å². The van der Waals surface area contributed by atoms with Crippen molar-refractivity contribution in [3.8, 4) is 0 Å². The van der Waals surface area contributed by atoms with Crippen LogP contribution in [0.4, 0.5) is 0 Å². The minimum Gasteiger partial charge on any atom is -0.314 e. The molecule has 1 atom stereocenters. The first kappa shape index (κ1) is 12.0. The van der Waals surface area contributed by atoms with E-state index in [1.165, 1.54) is 19.4 Å². The van der Waals surface area contributed by atoms with Crippen molar-refractivity contribution < 1.29 is 0 Å². The van der Waals surface area contributed by atoms with E-state index in [0.29, 0.717) is 10.8 Å². The van der Waals surface area contributed by atoms with Gasteiger partial charge in [-0.1, -0.05) is 41.5 Å². The molecule has 0 bridgehead atoms. The van der Waals surface area contributed by atoms with Gasteiger partial charge in [0, 0.05) is 6.04 Å². The molecule has 1 rings (SSSR count). The number of nitrogens with one attached hydrogen (secondary N) is 1. The van der Waals surface area contributed by atoms with Crippen LogP contribution in [0.1, 0.15) is 54.4 Å². The standard InChI is InChI=1S/C13H27N/c1-7-9-14-10(8-2)11-12(3,4)13(11,5)6/h10-11,14H,7-9H2,1-6H3. The number of hydrogen-bond donors (Lipinski definition) is 1. The van der Waals surface area contributed by atoms with Gasteiger partial charge in [-0.05, 0) is 36.1 Å². The number of hydrogen-bond acceptors (Lipinski definition) is 1. The fourth-order valence-corrected chi connectivity index (χ4v) is 3.08. The molecular formula is C13H27N. The van der Waals surface area contributed by atoms with Crippen LogP contribution in [0.15, 0.2) is 0 Å². The molecule has 0 aromatic carbocycles. The molecule has 1 aliphatic carbocycles. The average molecular weight is 197 g/mol. The Morgan fingerprint density at radius 2 is 1.57 bits per heavy atom. The van der Waals surface area contributed by atoms with E-state index in [1.807, 2.05) is 0 Å². The maximum atomic E-state index is 3.69. The summed E-state index contributed by atoms with van der Waals surface area (Å²) in [6.45, 7) is 15.4. The van der Waals surface area contributed by atoms with Crippen molar-refractivity contribution in [2.75, 3.05) is 6.54 Å². The quantitative estimate of drug-likeness (QED) is 0.712. The molecule has 0 heterocycles. The molecule has 0 aliphatic heterocycles. The van der Waals surface area contributed by atoms with Gasteiger partial charge in [0.25, 0.3) is 0 Å². The molecule has 84 valence electrons. The van der Waals surface area contributed by atoms with Gasteiger partial charge in [-0.15, -0.1) is 0 Å². The third kappa shape index (κ3) is 1.71. The molecular weight excluding hydrogens is 170 g/mol. The minimum absolute atomic E-state index is 0.522. The van der Waals surface area contributed by atoms with Gasteiger partial charge in [-0.25, -0.2) is 0 Å². The van der Waals surface area contributed by atoms with E-state index in [2.05, 4.69) is 46.9 Å². The van der Waals surface area contributed by atoms with Gasteiger partial charge in [0.1, 0.15) is 0 Å². The van der Waals surface area contributed by atoms with Crippen LogP contribution in [0.3, 0.4) is 0 Å². The zero-order valence-electron chi connectivity index (χ0n) is 10.8. The largest absolute Gasteiger partial charge is 0.314 e. The summed E-state index contributed by atoms with van der Waals surface area (Å²) < 4.78 is 0. The van der Waals surface area contributed by atoms with Crippen LogP contribution >= 0.6 is 0 Å². The molecule has 0 aromatic heterocycles. The summed E-state index contributed by atoms with van der Waals surface area (Å²) in [5.74, 6) is 0.853. The SMILES string of the molecule is CCCNC(CC)C1C(C)(C)C1(C)C. The van der Waals surface area contributed by atoms with Crippen molar-refractivity contribution in [1.29, 1.82) is 0 Å². The molecule has 0 spiro atoms. The lowest BCUT2D eigenvalue weighted by molar-refractivity contribution is 0.388. The Morgan fingerprint density at radius 3 is 1.86 bits per heavy atom. The highest BCUT2D eigenvalue weighted by Gasteiger charge is 2.66. The molecule has 0 radical (unpaired) electrons. The van der Waals surface area contributed by atoms with Crippen LogP contribution < -0.4 is 5.32 Å². The lowest BCUT2D eigenvalue weighted by Crippen LogP contribution is -2.33. The molecule has 1 fully saturated rings. The Labute approximate surface area is 89.7 Å². The van der Waals surface area contributed by atoms with Crippen molar-refractivity contribution >= 4 is 0 Å². The predicted octanol–water partition coefficient (Wildman–Crippen LogP) is 3.45. The maximum Gasteiger partial charge on any atom is 0.0103 e. The van der Waals surface area contributed by atoms with Crippen LogP contribution in [0, 0.1) is 16.7 Å². The highest BCUT2D eigenvalue weighted by atomic mass is 15.0. The second-order valence-corrected chi connectivity index (χ2v) is 5.89. The summed E-state index contributed by atoms with van der Waals surface area (Å²) >= 11 is 0. The first-order valence-corrected chi connectivity index (χ1v) is 6.13. The van der Waals surface area contributed by atoms with Gasteiger partial charge in [-0.3, -0.25) is 0 Å². The van der Waals surface area contributed by atoms with Crippen molar-refractivity contribution in [3.63, 3.8) is 0 Å². The Balaban J connectivity index is 2.56. The van der Waals surface area contributed by atoms with Crippen LogP contribution in [-0.2, 0) is 0 Å². The maximum absolute atomic E-state index is 3.69. The molecule has 1 N–H and O–H groups in total. The van der Waals surface area contributed by atoms with E-state index in [0.717, 1.165) is 12.0 Å². The summed E-state index contributed by atoms with van der Waals surface area (Å²) in [5.41, 5.74) is 1.04. The van der Waals surface area contributed by atoms with E-state index in [9.17, 15) is 0 Å². The van der Waals surface area contributed by atoms with Gasteiger partial charge in [0.15, 0.2) is 0 Å². The molecule has 1 heteroatoms. The van der Waals surface area contributed by atoms with Crippen molar-refractivity contribution in [2.24, 2.45) is 16.7 Å². The molecule has 1 unspecified atom stereocenters. The Morgan fingerprint density at radius 1 is 1.07 bits per heavy atom. The van der Waals surface area contributed by atoms with Crippen molar-refractivity contribution in [3.05, 3.63) is 0 Å². The third-order valence-electron chi connectivity index (χ3n) is 4.63. The smallest absolute Gasteiger partial charge is 0.0103 e. The molecule has 0 aromatic rings. The Kier molecular flexibility index (Phi) is 3.30. The molecule has 0 amide bonds. The predicted molar refractivity (Wildman–Crippen MR) is 63.4 cm³/mol. The first-order chi connectivity index (χ1) is 6.39. The first-order valence-electron chi connectivity index (χ1n) is 6.13. The van der Waals surface area contributed by atoms with Crippen molar-refractivity contribution in [2.45, 2.75) is 60.4 Å². The normalized spacial score (nSPS) is 26.1. The summed E-state index contributed by atoms with van der Waals surface area (Å²) in [6.07, 6.45) is 2.50. The van der Waals surface area contributed by atoms with Gasteiger partial charge in [0.2, 0.25) is 0 Å². The molecule has 0 saturated heterocycles. The zero-order valence-corrected chi connectivity index (χ0v) is 10.8. The molecule has 1 nitrogen and oxygen atoms in total. The van der Waals surface area contributed by atoms with Gasteiger partial charge >= 0.3 is 0 Å². The zero-order chi connectivity index (χ0) is 11.0. The van der Waals surface area contributed by atoms with E-state index in [4.69, 9.17) is 0 Å². The lowest BCUT2D eigenvalue weighted by atomic mass is 10.0. The summed E-state index contributed by atoms with van der Waals surface area (Å²) in [7, 11) is 0. The monoisotopic (exact) mass is 197 g/mol. The van der Waals surface area contributed by atoms with Gasteiger partial charge in [0.05, 0.1) is 0 Å². The Bertz CT molecular complexity index is 179. The van der Waals surface area contributed by atoms with Crippen LogP contribution in [0.2, 0.25) is 0 Å². The summed E-state index contributed by atoms with van der Waals surface area (Å²) in [5, 5.41) is 3.69. The Hall–Kier alpha value is -0.0400. The van der Waals surface area contributed by atoms with Gasteiger partial charge in [-0.2, -0.15) is 0 Å². The minimum atomic E-state index is 0.522. The van der Waals surface area contributed by atoms with E-state index < -0.39 is 0 Å². The topological polar surface area (TPSA) is 12.0 Å². The summed E-state index contributed by atoms with van der Waals surface area (Å²) in [6, 6.07) is 0.722. The fraction of sp³-hybridized carbons (Fsp3) is 1.00. The van der Waals surface area contributed by atoms with Crippen LogP contribution in [0.5, 0.6) is 0 Å². The average Bonchev–Trinajstić information content (AvgIpc) is 2.48. The highest BCUT2D eigenvalue weighted by Crippen LogP contribution is 2.69. The second kappa shape index (κ2) is 3.84. The molecule has 1 aliphatic rings. The van der Waals surface area contributed by atoms with Crippen LogP contribution in [0.25, 0.3) is 0 Å². The molecule has 14 heavy (non-hydrogen) atoms. The van der Waals surface area contributed by atoms with Gasteiger partial charge < -0.3 is 5.32 Å². The number of rotatable bonds is 5. The van der Waals surface area contributed by atoms with E-state index >= 15 is 0 Å². The molecule has 1 saturated carbocycles. The van der Waals surface area contributed by atoms with Crippen LogP contribution in [-0.4, -0.2) is 12.6 Å². The van der Waals surface area contributed by atoms with E-state index in [-0.39, 0.29) is 0 Å².